The molecule has 1 atom stereocenters. The summed E-state index contributed by atoms with van der Waals surface area (Å²) in [6.45, 7) is 1.57. The topological polar surface area (TPSA) is 115 Å². The minimum Gasteiger partial charge on any atom is -0.508 e. The number of imidazole rings is 1. The van der Waals surface area contributed by atoms with Crippen molar-refractivity contribution in [3.8, 4) is 17.6 Å². The summed E-state index contributed by atoms with van der Waals surface area (Å²) < 4.78 is 7.95. The van der Waals surface area contributed by atoms with E-state index in [4.69, 9.17) is 40.2 Å². The molecule has 6 rings (SSSR count). The summed E-state index contributed by atoms with van der Waals surface area (Å²) in [6, 6.07) is 39.0. The Bertz CT molecular complexity index is 2240. The Kier molecular flexibility index (Phi) is 13.4. The number of hydrogen-bond acceptors (Lipinski definition) is 6. The van der Waals surface area contributed by atoms with Crippen molar-refractivity contribution in [2.24, 2.45) is 0 Å². The highest BCUT2D eigenvalue weighted by molar-refractivity contribution is 7.80. The van der Waals surface area contributed by atoms with Crippen molar-refractivity contribution in [3.63, 3.8) is 0 Å². The first-order valence-corrected chi connectivity index (χ1v) is 18.7. The van der Waals surface area contributed by atoms with Crippen molar-refractivity contribution in [2.45, 2.75) is 38.6 Å². The smallest absolute Gasteiger partial charge is 0.226 e. The van der Waals surface area contributed by atoms with E-state index in [2.05, 4.69) is 21.7 Å². The van der Waals surface area contributed by atoms with Gasteiger partial charge in [-0.3, -0.25) is 4.79 Å². The summed E-state index contributed by atoms with van der Waals surface area (Å²) in [5.74, 6) is 0.685. The second kappa shape index (κ2) is 18.9. The van der Waals surface area contributed by atoms with E-state index in [0.717, 1.165) is 33.7 Å². The molecule has 55 heavy (non-hydrogen) atoms. The number of amides is 1. The second-order valence-corrected chi connectivity index (χ2v) is 14.1. The van der Waals surface area contributed by atoms with E-state index >= 15 is 0 Å². The molecule has 6 aromatic rings. The Morgan fingerprint density at radius 3 is 2.36 bits per heavy atom. The number of carbonyl (C=O) groups excluding carboxylic acids is 1. The summed E-state index contributed by atoms with van der Waals surface area (Å²) >= 11 is 19.0. The third kappa shape index (κ3) is 11.3. The fraction of sp³-hybridized carbons (Fsp3) is 0.163. The van der Waals surface area contributed by atoms with E-state index in [1.165, 1.54) is 0 Å². The summed E-state index contributed by atoms with van der Waals surface area (Å²) in [6.07, 6.45) is 3.96. The molecule has 0 aliphatic rings. The van der Waals surface area contributed by atoms with E-state index in [9.17, 15) is 15.2 Å². The zero-order valence-corrected chi connectivity index (χ0v) is 32.1. The van der Waals surface area contributed by atoms with Crippen LogP contribution in [0.4, 0.5) is 5.69 Å². The van der Waals surface area contributed by atoms with Crippen LogP contribution < -0.4 is 15.4 Å². The lowest BCUT2D eigenvalue weighted by molar-refractivity contribution is -0.121. The van der Waals surface area contributed by atoms with Crippen LogP contribution in [0.3, 0.4) is 0 Å². The maximum Gasteiger partial charge on any atom is 0.226 e. The number of nitrogens with zero attached hydrogens (tertiary/aromatic N) is 4. The number of phenols is 1. The molecule has 1 aromatic heterocycles. The molecule has 0 aliphatic heterocycles. The minimum absolute atomic E-state index is 0.0926. The van der Waals surface area contributed by atoms with Gasteiger partial charge in [-0.1, -0.05) is 89.9 Å². The van der Waals surface area contributed by atoms with Crippen LogP contribution in [0.15, 0.2) is 134 Å². The van der Waals surface area contributed by atoms with Gasteiger partial charge in [-0.2, -0.15) is 5.26 Å². The van der Waals surface area contributed by atoms with Crippen molar-refractivity contribution < 1.29 is 14.6 Å². The number of aromatic hydroxyl groups is 1. The van der Waals surface area contributed by atoms with E-state index < -0.39 is 6.04 Å². The predicted molar refractivity (Wildman–Crippen MR) is 220 cm³/mol. The van der Waals surface area contributed by atoms with Crippen LogP contribution in [0, 0.1) is 11.3 Å². The van der Waals surface area contributed by atoms with Gasteiger partial charge in [-0.05, 0) is 95.5 Å². The van der Waals surface area contributed by atoms with Crippen molar-refractivity contribution in [3.05, 3.63) is 177 Å². The predicted octanol–water partition coefficient (Wildman–Crippen LogP) is 8.56. The van der Waals surface area contributed by atoms with Gasteiger partial charge in [0.05, 0.1) is 40.5 Å². The van der Waals surface area contributed by atoms with Gasteiger partial charge in [0.25, 0.3) is 0 Å². The molecule has 12 heteroatoms. The number of rotatable bonds is 15. The van der Waals surface area contributed by atoms with Crippen LogP contribution in [0.5, 0.6) is 11.5 Å². The zero-order chi connectivity index (χ0) is 38.6. The first-order chi connectivity index (χ1) is 26.7. The fourth-order valence-electron chi connectivity index (χ4n) is 5.98. The standard InChI is InChI=1S/C43H38Cl2N6O3S/c44-40-8-4-7-34(42(40)45)26-50(43(55)49-35-15-17-38(52)18-16-35)27-36(21-30-13-19-39(20-14-30)54-28-33-5-2-1-3-6-33)48-41(53)22-37-24-47-29-51(37)25-32-11-9-31(23-46)10-12-32/h1-20,24,29,36,52H,21-22,25-28H2,(H,48,53)(H,49,55)/t36-/m0/s1. The lowest BCUT2D eigenvalue weighted by Crippen LogP contribution is -2.48. The number of hydrogen-bond donors (Lipinski definition) is 3. The fourth-order valence-corrected chi connectivity index (χ4v) is 6.62. The molecule has 0 saturated heterocycles. The summed E-state index contributed by atoms with van der Waals surface area (Å²) in [5.41, 5.74) is 5.82. The molecule has 9 nitrogen and oxygen atoms in total. The van der Waals surface area contributed by atoms with Gasteiger partial charge in [0, 0.05) is 37.2 Å². The monoisotopic (exact) mass is 788 g/mol. The van der Waals surface area contributed by atoms with Crippen LogP contribution >= 0.6 is 35.4 Å². The largest absolute Gasteiger partial charge is 0.508 e. The minimum atomic E-state index is -0.406. The molecule has 0 aliphatic carbocycles. The molecule has 1 amide bonds. The lowest BCUT2D eigenvalue weighted by atomic mass is 10.0. The number of thiocarbonyl (C=S) groups is 1. The molecule has 0 spiro atoms. The Balaban J connectivity index is 1.23. The number of anilines is 1. The van der Waals surface area contributed by atoms with Crippen LogP contribution in [0.1, 0.15) is 33.5 Å². The van der Waals surface area contributed by atoms with Gasteiger partial charge in [0.2, 0.25) is 5.91 Å². The van der Waals surface area contributed by atoms with Crippen LogP contribution in [-0.4, -0.2) is 43.2 Å². The number of phenolic OH excluding ortho intramolecular Hbond substituents is 1. The molecule has 0 bridgehead atoms. The lowest BCUT2D eigenvalue weighted by Gasteiger charge is -2.31. The van der Waals surface area contributed by atoms with Gasteiger partial charge in [-0.25, -0.2) is 4.98 Å². The highest BCUT2D eigenvalue weighted by atomic mass is 35.5. The van der Waals surface area contributed by atoms with E-state index in [0.29, 0.717) is 59.1 Å². The highest BCUT2D eigenvalue weighted by Crippen LogP contribution is 2.27. The number of benzene rings is 5. The number of nitrogens with one attached hydrogen (secondary N) is 2. The number of aromatic nitrogens is 2. The molecular formula is C43H38Cl2N6O3S. The Hall–Kier alpha value is -5.86. The number of halogens is 2. The number of ether oxygens (including phenoxy) is 1. The van der Waals surface area contributed by atoms with Crippen LogP contribution in [0.2, 0.25) is 10.0 Å². The Morgan fingerprint density at radius 2 is 1.64 bits per heavy atom. The normalized spacial score (nSPS) is 11.3. The maximum absolute atomic E-state index is 13.9. The average Bonchev–Trinajstić information content (AvgIpc) is 3.63. The van der Waals surface area contributed by atoms with Gasteiger partial charge in [0.15, 0.2) is 5.11 Å². The first kappa shape index (κ1) is 38.9. The number of nitriles is 1. The van der Waals surface area contributed by atoms with Crippen molar-refractivity contribution in [2.75, 3.05) is 11.9 Å². The zero-order valence-electron chi connectivity index (χ0n) is 29.7. The van der Waals surface area contributed by atoms with Crippen molar-refractivity contribution in [1.82, 2.24) is 19.8 Å². The average molecular weight is 790 g/mol. The molecule has 3 N–H and O–H groups in total. The van der Waals surface area contributed by atoms with E-state index in [1.54, 1.807) is 55.0 Å². The Labute approximate surface area is 335 Å². The van der Waals surface area contributed by atoms with Crippen molar-refractivity contribution in [1.29, 1.82) is 5.26 Å². The number of carbonyl (C=O) groups is 1. The molecule has 0 radical (unpaired) electrons. The summed E-state index contributed by atoms with van der Waals surface area (Å²) in [5, 5.41) is 26.8. The Morgan fingerprint density at radius 1 is 0.909 bits per heavy atom. The molecule has 278 valence electrons. The first-order valence-electron chi connectivity index (χ1n) is 17.5. The molecule has 0 unspecified atom stereocenters. The van der Waals surface area contributed by atoms with Gasteiger partial charge in [0.1, 0.15) is 18.1 Å². The molecule has 5 aromatic carbocycles. The van der Waals surface area contributed by atoms with Crippen LogP contribution in [-0.2, 0) is 37.3 Å². The maximum atomic E-state index is 13.9. The summed E-state index contributed by atoms with van der Waals surface area (Å²) in [7, 11) is 0. The molecule has 1 heterocycles. The molecule has 0 saturated carbocycles. The molecule has 0 fully saturated rings. The highest BCUT2D eigenvalue weighted by Gasteiger charge is 2.22. The van der Waals surface area contributed by atoms with Gasteiger partial charge < -0.3 is 29.9 Å². The van der Waals surface area contributed by atoms with Crippen molar-refractivity contribution >= 4 is 52.1 Å². The summed E-state index contributed by atoms with van der Waals surface area (Å²) in [4.78, 5) is 20.1. The SMILES string of the molecule is N#Cc1ccc(Cn2cncc2CC(=O)N[C@@H](Cc2ccc(OCc3ccccc3)cc2)CN(Cc2cccc(Cl)c2Cl)C(=S)Nc2ccc(O)cc2)cc1. The van der Waals surface area contributed by atoms with E-state index in [1.807, 2.05) is 88.3 Å². The van der Waals surface area contributed by atoms with E-state index in [-0.39, 0.29) is 18.1 Å². The molecular weight excluding hydrogens is 751 g/mol. The van der Waals surface area contributed by atoms with Gasteiger partial charge in [-0.15, -0.1) is 0 Å². The second-order valence-electron chi connectivity index (χ2n) is 13.0. The quantitative estimate of drug-likeness (QED) is 0.0701. The third-order valence-electron chi connectivity index (χ3n) is 8.83. The third-order valence-corrected chi connectivity index (χ3v) is 10.1. The van der Waals surface area contributed by atoms with Crippen LogP contribution in [0.25, 0.3) is 0 Å². The van der Waals surface area contributed by atoms with Gasteiger partial charge >= 0.3 is 0 Å².